The summed E-state index contributed by atoms with van der Waals surface area (Å²) < 4.78 is 28.7. The van der Waals surface area contributed by atoms with Crippen LogP contribution in [-0.2, 0) is 14.6 Å². The van der Waals surface area contributed by atoms with Crippen LogP contribution in [0.25, 0.3) is 0 Å². The van der Waals surface area contributed by atoms with E-state index in [1.165, 1.54) is 6.92 Å². The fourth-order valence-electron chi connectivity index (χ4n) is 2.46. The number of sulfone groups is 1. The highest BCUT2D eigenvalue weighted by atomic mass is 32.2. The van der Waals surface area contributed by atoms with Crippen LogP contribution in [0.5, 0.6) is 5.75 Å². The summed E-state index contributed by atoms with van der Waals surface area (Å²) in [5, 5.41) is 5.91. The molecule has 7 heteroatoms. The Labute approximate surface area is 124 Å². The molecule has 1 heterocycles. The summed E-state index contributed by atoms with van der Waals surface area (Å²) in [6.45, 7) is 1.44. The van der Waals surface area contributed by atoms with Gasteiger partial charge in [0.15, 0.2) is 9.84 Å². The first-order chi connectivity index (χ1) is 9.89. The lowest BCUT2D eigenvalue weighted by Crippen LogP contribution is -2.34. The molecular formula is C14H20N2O4S. The molecule has 1 fully saturated rings. The summed E-state index contributed by atoms with van der Waals surface area (Å²) in [6, 6.07) is 5.10. The Bertz CT molecular complexity index is 628. The number of carbonyl (C=O) groups excluding carboxylic acids is 1. The fourth-order valence-corrected chi connectivity index (χ4v) is 4.09. The van der Waals surface area contributed by atoms with E-state index >= 15 is 0 Å². The summed E-state index contributed by atoms with van der Waals surface area (Å²) in [4.78, 5) is 11.1. The van der Waals surface area contributed by atoms with Crippen LogP contribution in [0.3, 0.4) is 0 Å². The van der Waals surface area contributed by atoms with Gasteiger partial charge in [0.25, 0.3) is 0 Å². The molecule has 0 saturated carbocycles. The smallest absolute Gasteiger partial charge is 0.221 e. The lowest BCUT2D eigenvalue weighted by molar-refractivity contribution is -0.114. The van der Waals surface area contributed by atoms with Gasteiger partial charge >= 0.3 is 0 Å². The van der Waals surface area contributed by atoms with Crippen molar-refractivity contribution in [3.8, 4) is 5.75 Å². The van der Waals surface area contributed by atoms with Crippen molar-refractivity contribution in [3.63, 3.8) is 0 Å². The fraction of sp³-hybridized carbons (Fsp3) is 0.500. The summed E-state index contributed by atoms with van der Waals surface area (Å²) in [7, 11) is -1.42. The third-order valence-corrected chi connectivity index (χ3v) is 5.16. The lowest BCUT2D eigenvalue weighted by Gasteiger charge is -2.25. The number of nitrogens with one attached hydrogen (secondary N) is 2. The first-order valence-corrected chi connectivity index (χ1v) is 8.64. The molecule has 0 aliphatic carbocycles. The average Bonchev–Trinajstić information content (AvgIpc) is 2.37. The summed E-state index contributed by atoms with van der Waals surface area (Å²) in [6.07, 6.45) is 1.46. The number of ether oxygens (including phenoxy) is 1. The maximum absolute atomic E-state index is 11.7. The van der Waals surface area contributed by atoms with E-state index in [4.69, 9.17) is 4.74 Å². The standard InChI is InChI=1S/C14H20N2O4S/c1-10(17)15-11-5-6-14(20-2)13(8-11)16-12-4-3-7-21(18,19)9-12/h5-6,8,12,16H,3-4,7,9H2,1-2H3,(H,15,17). The Balaban J connectivity index is 2.18. The van der Waals surface area contributed by atoms with E-state index in [2.05, 4.69) is 10.6 Å². The van der Waals surface area contributed by atoms with Crippen LogP contribution in [0.15, 0.2) is 18.2 Å². The predicted molar refractivity (Wildman–Crippen MR) is 82.6 cm³/mol. The number of amides is 1. The highest BCUT2D eigenvalue weighted by Crippen LogP contribution is 2.30. The van der Waals surface area contributed by atoms with Crippen molar-refractivity contribution in [3.05, 3.63) is 18.2 Å². The zero-order valence-corrected chi connectivity index (χ0v) is 13.0. The third-order valence-electron chi connectivity index (χ3n) is 3.34. The van der Waals surface area contributed by atoms with Crippen molar-refractivity contribution in [1.82, 2.24) is 0 Å². The Kier molecular flexibility index (Phi) is 4.72. The Morgan fingerprint density at radius 1 is 1.38 bits per heavy atom. The van der Waals surface area contributed by atoms with Gasteiger partial charge in [0.2, 0.25) is 5.91 Å². The van der Waals surface area contributed by atoms with Gasteiger partial charge < -0.3 is 15.4 Å². The van der Waals surface area contributed by atoms with Crippen LogP contribution >= 0.6 is 0 Å². The third kappa shape index (κ3) is 4.35. The molecule has 1 unspecified atom stereocenters. The van der Waals surface area contributed by atoms with Crippen LogP contribution in [-0.4, -0.2) is 39.0 Å². The molecule has 1 amide bonds. The van der Waals surface area contributed by atoms with Gasteiger partial charge in [-0.2, -0.15) is 0 Å². The molecule has 116 valence electrons. The van der Waals surface area contributed by atoms with Gasteiger partial charge in [-0.25, -0.2) is 8.42 Å². The molecule has 1 aliphatic heterocycles. The zero-order chi connectivity index (χ0) is 15.5. The van der Waals surface area contributed by atoms with Crippen molar-refractivity contribution >= 4 is 27.1 Å². The SMILES string of the molecule is COc1ccc(NC(C)=O)cc1NC1CCCS(=O)(=O)C1. The number of rotatable bonds is 4. The van der Waals surface area contributed by atoms with Gasteiger partial charge in [-0.05, 0) is 31.0 Å². The molecule has 1 aliphatic rings. The highest BCUT2D eigenvalue weighted by molar-refractivity contribution is 7.91. The van der Waals surface area contributed by atoms with Gasteiger partial charge in [-0.3, -0.25) is 4.79 Å². The van der Waals surface area contributed by atoms with Gasteiger partial charge in [0, 0.05) is 18.7 Å². The number of hydrogen-bond acceptors (Lipinski definition) is 5. The molecule has 2 N–H and O–H groups in total. The zero-order valence-electron chi connectivity index (χ0n) is 12.2. The minimum absolute atomic E-state index is 0.126. The van der Waals surface area contributed by atoms with Gasteiger partial charge in [-0.1, -0.05) is 0 Å². The van der Waals surface area contributed by atoms with Crippen LogP contribution < -0.4 is 15.4 Å². The normalized spacial score (nSPS) is 20.6. The second-order valence-corrected chi connectivity index (χ2v) is 7.42. The van der Waals surface area contributed by atoms with E-state index in [1.54, 1.807) is 25.3 Å². The van der Waals surface area contributed by atoms with Gasteiger partial charge in [0.05, 0.1) is 24.3 Å². The summed E-state index contributed by atoms with van der Waals surface area (Å²) in [5.41, 5.74) is 1.33. The van der Waals surface area contributed by atoms with Gasteiger partial charge in [-0.15, -0.1) is 0 Å². The van der Waals surface area contributed by atoms with Gasteiger partial charge in [0.1, 0.15) is 5.75 Å². The van der Waals surface area contributed by atoms with Crippen molar-refractivity contribution in [1.29, 1.82) is 0 Å². The van der Waals surface area contributed by atoms with E-state index in [1.807, 2.05) is 0 Å². The molecule has 1 atom stereocenters. The van der Waals surface area contributed by atoms with Crippen molar-refractivity contribution < 1.29 is 17.9 Å². The van der Waals surface area contributed by atoms with Crippen LogP contribution in [0, 0.1) is 0 Å². The van der Waals surface area contributed by atoms with E-state index in [-0.39, 0.29) is 23.5 Å². The maximum Gasteiger partial charge on any atom is 0.221 e. The van der Waals surface area contributed by atoms with E-state index in [0.717, 1.165) is 6.42 Å². The quantitative estimate of drug-likeness (QED) is 0.883. The first-order valence-electron chi connectivity index (χ1n) is 6.82. The first kappa shape index (κ1) is 15.6. The molecule has 0 aromatic heterocycles. The molecule has 0 spiro atoms. The molecular weight excluding hydrogens is 292 g/mol. The minimum atomic E-state index is -2.97. The second-order valence-electron chi connectivity index (χ2n) is 5.19. The molecule has 21 heavy (non-hydrogen) atoms. The summed E-state index contributed by atoms with van der Waals surface area (Å²) >= 11 is 0. The number of hydrogen-bond donors (Lipinski definition) is 2. The molecule has 1 aromatic rings. The Morgan fingerprint density at radius 3 is 2.76 bits per heavy atom. The monoisotopic (exact) mass is 312 g/mol. The maximum atomic E-state index is 11.7. The van der Waals surface area contributed by atoms with E-state index in [9.17, 15) is 13.2 Å². The van der Waals surface area contributed by atoms with Crippen molar-refractivity contribution in [2.75, 3.05) is 29.2 Å². The second kappa shape index (κ2) is 6.34. The van der Waals surface area contributed by atoms with Crippen LogP contribution in [0.1, 0.15) is 19.8 Å². The Hall–Kier alpha value is -1.76. The number of methoxy groups -OCH3 is 1. The molecule has 1 saturated heterocycles. The number of benzene rings is 1. The van der Waals surface area contributed by atoms with E-state index < -0.39 is 9.84 Å². The topological polar surface area (TPSA) is 84.5 Å². The van der Waals surface area contributed by atoms with Crippen LogP contribution in [0.4, 0.5) is 11.4 Å². The van der Waals surface area contributed by atoms with E-state index in [0.29, 0.717) is 23.5 Å². The highest BCUT2D eigenvalue weighted by Gasteiger charge is 2.25. The van der Waals surface area contributed by atoms with Crippen LogP contribution in [0.2, 0.25) is 0 Å². The minimum Gasteiger partial charge on any atom is -0.495 e. The number of carbonyl (C=O) groups is 1. The molecule has 1 aromatic carbocycles. The predicted octanol–water partition coefficient (Wildman–Crippen LogP) is 1.64. The molecule has 0 bridgehead atoms. The largest absolute Gasteiger partial charge is 0.495 e. The summed E-state index contributed by atoms with van der Waals surface area (Å²) in [5.74, 6) is 0.841. The molecule has 6 nitrogen and oxygen atoms in total. The Morgan fingerprint density at radius 2 is 2.14 bits per heavy atom. The molecule has 0 radical (unpaired) electrons. The van der Waals surface area contributed by atoms with Crippen molar-refractivity contribution in [2.45, 2.75) is 25.8 Å². The van der Waals surface area contributed by atoms with Crippen molar-refractivity contribution in [2.24, 2.45) is 0 Å². The average molecular weight is 312 g/mol. The molecule has 2 rings (SSSR count). The lowest BCUT2D eigenvalue weighted by atomic mass is 10.1. The number of anilines is 2.